The van der Waals surface area contributed by atoms with Gasteiger partial charge in [-0.2, -0.15) is 0 Å². The van der Waals surface area contributed by atoms with Crippen molar-refractivity contribution in [1.82, 2.24) is 9.44 Å². The molecular weight excluding hydrogens is 691 g/mol. The van der Waals surface area contributed by atoms with Crippen molar-refractivity contribution in [2.24, 2.45) is 0 Å². The first kappa shape index (κ1) is 37.5. The Morgan fingerprint density at radius 1 is 0.694 bits per heavy atom. The Balaban J connectivity index is 1.52. The van der Waals surface area contributed by atoms with Crippen LogP contribution in [0.25, 0.3) is 0 Å². The van der Waals surface area contributed by atoms with Gasteiger partial charge in [-0.05, 0) is 72.0 Å². The average molecular weight is 730 g/mol. The summed E-state index contributed by atoms with van der Waals surface area (Å²) in [6.45, 7) is 1.70. The largest absolute Gasteiger partial charge is 0.494 e. The fourth-order valence-electron chi connectivity index (χ4n) is 4.68. The van der Waals surface area contributed by atoms with E-state index in [4.69, 9.17) is 4.74 Å². The summed E-state index contributed by atoms with van der Waals surface area (Å²) in [5.74, 6) is -0.662. The van der Waals surface area contributed by atoms with E-state index in [9.17, 15) is 30.0 Å². The lowest BCUT2D eigenvalue weighted by molar-refractivity contribution is -0.139. The lowest BCUT2D eigenvalue weighted by Crippen LogP contribution is -2.31. The van der Waals surface area contributed by atoms with Crippen molar-refractivity contribution >= 4 is 41.7 Å². The van der Waals surface area contributed by atoms with Crippen LogP contribution in [0.1, 0.15) is 29.2 Å². The van der Waals surface area contributed by atoms with Crippen molar-refractivity contribution in [1.29, 1.82) is 0 Å². The molecule has 0 aliphatic heterocycles. The number of hydrogen-bond acceptors (Lipinski definition) is 9. The molecule has 0 bridgehead atoms. The second-order valence-corrected chi connectivity index (χ2v) is 16.5. The summed E-state index contributed by atoms with van der Waals surface area (Å²) in [5, 5.41) is 0. The molecule has 0 fully saturated rings. The fraction of sp³-hybridized carbons (Fsp3) is 0.265. The van der Waals surface area contributed by atoms with Crippen LogP contribution in [0.5, 0.6) is 5.75 Å². The van der Waals surface area contributed by atoms with Gasteiger partial charge in [0.05, 0.1) is 42.4 Å². The third kappa shape index (κ3) is 11.4. The smallest absolute Gasteiger partial charge is 0.320 e. The normalized spacial score (nSPS) is 12.0. The zero-order valence-corrected chi connectivity index (χ0v) is 29.6. The maximum atomic E-state index is 14.0. The van der Waals surface area contributed by atoms with Crippen LogP contribution in [0.3, 0.4) is 0 Å². The molecule has 0 amide bonds. The Hall–Kier alpha value is -4.28. The molecule has 49 heavy (non-hydrogen) atoms. The fourth-order valence-corrected chi connectivity index (χ4v) is 8.24. The van der Waals surface area contributed by atoms with Gasteiger partial charge >= 0.3 is 5.97 Å². The minimum atomic E-state index is -4.11. The number of nitrogens with zero attached hydrogens (tertiary/aromatic N) is 1. The molecule has 0 aliphatic carbocycles. The van der Waals surface area contributed by atoms with E-state index in [1.807, 2.05) is 37.3 Å². The predicted molar refractivity (Wildman–Crippen MR) is 187 cm³/mol. The second-order valence-electron chi connectivity index (χ2n) is 10.9. The van der Waals surface area contributed by atoms with Gasteiger partial charge in [0.15, 0.2) is 0 Å². The highest BCUT2D eigenvalue weighted by Gasteiger charge is 2.26. The SMILES string of the molecule is CCOc1ccc(S(=O)(=O)N(Cc2ccc(CS(=O)(=O)NCC(=O)OC)cc2)c2ccc(CNS(=O)(=O)CCc3ccccc3)cc2)cc1. The van der Waals surface area contributed by atoms with E-state index >= 15 is 0 Å². The maximum Gasteiger partial charge on any atom is 0.320 e. The number of benzene rings is 4. The Morgan fingerprint density at radius 3 is 1.92 bits per heavy atom. The first-order valence-corrected chi connectivity index (χ1v) is 20.0. The van der Waals surface area contributed by atoms with E-state index in [0.717, 1.165) is 12.7 Å². The molecule has 4 aromatic rings. The molecule has 0 saturated carbocycles. The predicted octanol–water partition coefficient (Wildman–Crippen LogP) is 3.74. The second kappa shape index (κ2) is 16.9. The molecular formula is C34H39N3O9S3. The summed E-state index contributed by atoms with van der Waals surface area (Å²) in [6.07, 6.45) is 0.372. The van der Waals surface area contributed by atoms with Gasteiger partial charge in [0.25, 0.3) is 10.0 Å². The van der Waals surface area contributed by atoms with Crippen molar-refractivity contribution in [3.8, 4) is 5.75 Å². The standard InChI is InChI=1S/C34H39N3O9S3/c1-3-46-32-17-19-33(20-18-32)49(43,44)37(25-29-9-11-30(12-10-29)26-48(41,42)36-24-34(38)45-2)31-15-13-28(14-16-31)23-35-47(39,40)22-21-27-7-5-4-6-8-27/h4-20,35-36H,3,21-26H2,1-2H3. The Bertz CT molecular complexity index is 2000. The van der Waals surface area contributed by atoms with Crippen LogP contribution >= 0.6 is 0 Å². The van der Waals surface area contributed by atoms with Crippen LogP contribution in [0.4, 0.5) is 5.69 Å². The summed E-state index contributed by atoms with van der Waals surface area (Å²) >= 11 is 0. The number of ether oxygens (including phenoxy) is 2. The third-order valence-corrected chi connectivity index (χ3v) is 11.7. The minimum Gasteiger partial charge on any atom is -0.494 e. The van der Waals surface area contributed by atoms with E-state index in [0.29, 0.717) is 41.2 Å². The minimum absolute atomic E-state index is 0.0297. The highest BCUT2D eigenvalue weighted by Crippen LogP contribution is 2.28. The number of rotatable bonds is 18. The summed E-state index contributed by atoms with van der Waals surface area (Å²) in [4.78, 5) is 11.4. The highest BCUT2D eigenvalue weighted by atomic mass is 32.2. The molecule has 0 aliphatic rings. The number of nitrogens with one attached hydrogen (secondary N) is 2. The van der Waals surface area contributed by atoms with E-state index in [-0.39, 0.29) is 23.7 Å². The lowest BCUT2D eigenvalue weighted by Gasteiger charge is -2.25. The van der Waals surface area contributed by atoms with Gasteiger partial charge < -0.3 is 9.47 Å². The summed E-state index contributed by atoms with van der Waals surface area (Å²) in [7, 11) is -10.3. The van der Waals surface area contributed by atoms with Crippen LogP contribution in [0, 0.1) is 0 Å². The van der Waals surface area contributed by atoms with Crippen LogP contribution in [0.15, 0.2) is 108 Å². The van der Waals surface area contributed by atoms with Crippen molar-refractivity contribution in [3.05, 3.63) is 125 Å². The first-order valence-electron chi connectivity index (χ1n) is 15.3. The summed E-state index contributed by atoms with van der Waals surface area (Å²) in [5.41, 5.74) is 2.89. The van der Waals surface area contributed by atoms with Gasteiger partial charge in [0.1, 0.15) is 12.3 Å². The van der Waals surface area contributed by atoms with Gasteiger partial charge in [-0.3, -0.25) is 9.10 Å². The Kier molecular flexibility index (Phi) is 12.9. The number of hydrogen-bond donors (Lipinski definition) is 2. The lowest BCUT2D eigenvalue weighted by atomic mass is 10.1. The van der Waals surface area contributed by atoms with E-state index in [1.54, 1.807) is 60.7 Å². The zero-order chi connectivity index (χ0) is 35.5. The molecule has 15 heteroatoms. The molecule has 0 radical (unpaired) electrons. The van der Waals surface area contributed by atoms with Crippen LogP contribution in [0.2, 0.25) is 0 Å². The van der Waals surface area contributed by atoms with Crippen LogP contribution in [-0.4, -0.2) is 57.2 Å². The van der Waals surface area contributed by atoms with E-state index < -0.39 is 48.3 Å². The molecule has 0 aromatic heterocycles. The average Bonchev–Trinajstić information content (AvgIpc) is 3.09. The van der Waals surface area contributed by atoms with Gasteiger partial charge in [-0.1, -0.05) is 66.7 Å². The van der Waals surface area contributed by atoms with E-state index in [2.05, 4.69) is 14.2 Å². The molecule has 0 heterocycles. The van der Waals surface area contributed by atoms with Crippen LogP contribution < -0.4 is 18.5 Å². The number of esters is 1. The topological polar surface area (TPSA) is 165 Å². The maximum absolute atomic E-state index is 14.0. The number of aryl methyl sites for hydroxylation is 1. The summed E-state index contributed by atoms with van der Waals surface area (Å²) in [6, 6.07) is 28.3. The van der Waals surface area contributed by atoms with Crippen LogP contribution in [-0.2, 0) is 64.9 Å². The van der Waals surface area contributed by atoms with Crippen molar-refractivity contribution in [2.75, 3.05) is 30.3 Å². The third-order valence-electron chi connectivity index (χ3n) is 7.32. The number of carbonyl (C=O) groups excluding carboxylic acids is 1. The van der Waals surface area contributed by atoms with Gasteiger partial charge in [0.2, 0.25) is 20.0 Å². The number of methoxy groups -OCH3 is 1. The molecule has 4 rings (SSSR count). The molecule has 2 N–H and O–H groups in total. The monoisotopic (exact) mass is 729 g/mol. The molecule has 262 valence electrons. The number of anilines is 1. The van der Waals surface area contributed by atoms with Crippen molar-refractivity contribution < 1.29 is 39.5 Å². The Labute approximate surface area is 288 Å². The molecule has 0 atom stereocenters. The molecule has 12 nitrogen and oxygen atoms in total. The Morgan fingerprint density at radius 2 is 1.31 bits per heavy atom. The number of carbonyl (C=O) groups is 1. The first-order chi connectivity index (χ1) is 23.3. The molecule has 4 aromatic carbocycles. The number of sulfonamides is 3. The molecule has 0 spiro atoms. The quantitative estimate of drug-likeness (QED) is 0.145. The zero-order valence-electron chi connectivity index (χ0n) is 27.1. The molecule has 0 unspecified atom stereocenters. The van der Waals surface area contributed by atoms with Crippen molar-refractivity contribution in [2.45, 2.75) is 37.1 Å². The summed E-state index contributed by atoms with van der Waals surface area (Å²) < 4.78 is 94.0. The highest BCUT2D eigenvalue weighted by molar-refractivity contribution is 7.92. The van der Waals surface area contributed by atoms with Gasteiger partial charge in [-0.25, -0.2) is 34.7 Å². The van der Waals surface area contributed by atoms with Crippen molar-refractivity contribution in [3.63, 3.8) is 0 Å². The van der Waals surface area contributed by atoms with E-state index in [1.165, 1.54) is 16.4 Å². The molecule has 0 saturated heterocycles. The van der Waals surface area contributed by atoms with Gasteiger partial charge in [0, 0.05) is 6.54 Å². The van der Waals surface area contributed by atoms with Gasteiger partial charge in [-0.15, -0.1) is 0 Å².